The first-order valence-electron chi connectivity index (χ1n) is 7.76. The van der Waals surface area contributed by atoms with Gasteiger partial charge >= 0.3 is 0 Å². The van der Waals surface area contributed by atoms with Crippen LogP contribution in [0.3, 0.4) is 0 Å². The van der Waals surface area contributed by atoms with Crippen molar-refractivity contribution in [3.05, 3.63) is 17.5 Å². The first-order valence-corrected chi connectivity index (χ1v) is 7.76. The Morgan fingerprint density at radius 3 is 3.16 bits per heavy atom. The second-order valence-electron chi connectivity index (χ2n) is 5.94. The Hall–Kier alpha value is -0.870. The summed E-state index contributed by atoms with van der Waals surface area (Å²) in [5.41, 5.74) is 1.02. The van der Waals surface area contributed by atoms with Gasteiger partial charge in [-0.3, -0.25) is 4.90 Å². The fraction of sp³-hybridized carbons (Fsp3) is 0.800. The number of hydrogen-bond donors (Lipinski definition) is 1. The molecule has 0 radical (unpaired) electrons. The van der Waals surface area contributed by atoms with E-state index in [0.717, 1.165) is 43.0 Å². The molecule has 2 atom stereocenters. The molecule has 0 spiro atoms. The highest BCUT2D eigenvalue weighted by Crippen LogP contribution is 2.36. The topological polar surface area (TPSA) is 41.3 Å². The van der Waals surface area contributed by atoms with Crippen molar-refractivity contribution in [1.82, 2.24) is 15.4 Å². The summed E-state index contributed by atoms with van der Waals surface area (Å²) in [5, 5.41) is 7.42. The predicted octanol–water partition coefficient (Wildman–Crippen LogP) is 2.55. The third kappa shape index (κ3) is 3.00. The zero-order valence-electron chi connectivity index (χ0n) is 11.9. The van der Waals surface area contributed by atoms with Crippen LogP contribution in [0.2, 0.25) is 0 Å². The van der Waals surface area contributed by atoms with Gasteiger partial charge in [0.1, 0.15) is 0 Å². The molecule has 1 aliphatic carbocycles. The molecule has 2 aliphatic rings. The SMILES string of the molecule is CCNCc1cc(CN2CCC3CCCCC32)on1. The summed E-state index contributed by atoms with van der Waals surface area (Å²) in [4.78, 5) is 2.61. The normalized spacial score (nSPS) is 27.6. The van der Waals surface area contributed by atoms with Crippen LogP contribution in [-0.4, -0.2) is 29.2 Å². The Labute approximate surface area is 115 Å². The summed E-state index contributed by atoms with van der Waals surface area (Å²) in [5.74, 6) is 1.97. The van der Waals surface area contributed by atoms with Gasteiger partial charge in [0.15, 0.2) is 5.76 Å². The second-order valence-corrected chi connectivity index (χ2v) is 5.94. The van der Waals surface area contributed by atoms with Gasteiger partial charge in [-0.05, 0) is 38.3 Å². The Bertz CT molecular complexity index is 404. The first-order chi connectivity index (χ1) is 9.36. The van der Waals surface area contributed by atoms with Crippen molar-refractivity contribution in [2.45, 2.75) is 58.2 Å². The van der Waals surface area contributed by atoms with Crippen LogP contribution in [0.25, 0.3) is 0 Å². The Balaban J connectivity index is 1.57. The van der Waals surface area contributed by atoms with E-state index in [-0.39, 0.29) is 0 Å². The summed E-state index contributed by atoms with van der Waals surface area (Å²) < 4.78 is 5.47. The van der Waals surface area contributed by atoms with Crippen LogP contribution in [0.15, 0.2) is 10.6 Å². The van der Waals surface area contributed by atoms with Crippen molar-refractivity contribution in [2.75, 3.05) is 13.1 Å². The van der Waals surface area contributed by atoms with Crippen molar-refractivity contribution < 1.29 is 4.52 Å². The maximum absolute atomic E-state index is 5.47. The molecular formula is C15H25N3O. The highest BCUT2D eigenvalue weighted by molar-refractivity contribution is 5.06. The summed E-state index contributed by atoms with van der Waals surface area (Å²) in [6, 6.07) is 2.91. The van der Waals surface area contributed by atoms with Crippen molar-refractivity contribution >= 4 is 0 Å². The monoisotopic (exact) mass is 263 g/mol. The van der Waals surface area contributed by atoms with Crippen molar-refractivity contribution in [3.8, 4) is 0 Å². The fourth-order valence-electron chi connectivity index (χ4n) is 3.67. The molecule has 3 rings (SSSR count). The second kappa shape index (κ2) is 6.06. The molecule has 4 nitrogen and oxygen atoms in total. The number of fused-ring (bicyclic) bond motifs is 1. The molecule has 1 N–H and O–H groups in total. The van der Waals surface area contributed by atoms with Crippen LogP contribution in [0.5, 0.6) is 0 Å². The maximum Gasteiger partial charge on any atom is 0.151 e. The van der Waals surface area contributed by atoms with E-state index in [1.807, 2.05) is 0 Å². The number of likely N-dealkylation sites (tertiary alicyclic amines) is 1. The quantitative estimate of drug-likeness (QED) is 0.886. The number of rotatable bonds is 5. The minimum atomic E-state index is 0.802. The molecule has 2 fully saturated rings. The van der Waals surface area contributed by atoms with E-state index in [0.29, 0.717) is 0 Å². The van der Waals surface area contributed by atoms with Gasteiger partial charge in [-0.25, -0.2) is 0 Å². The lowest BCUT2D eigenvalue weighted by Gasteiger charge is -2.30. The van der Waals surface area contributed by atoms with E-state index >= 15 is 0 Å². The minimum Gasteiger partial charge on any atom is -0.360 e. The summed E-state index contributed by atoms with van der Waals surface area (Å²) in [6.07, 6.45) is 7.03. The van der Waals surface area contributed by atoms with E-state index in [1.54, 1.807) is 0 Å². The summed E-state index contributed by atoms with van der Waals surface area (Å²) >= 11 is 0. The van der Waals surface area contributed by atoms with Gasteiger partial charge in [0.05, 0.1) is 12.2 Å². The standard InChI is InChI=1S/C15H25N3O/c1-2-16-10-13-9-14(19-17-13)11-18-8-7-12-5-3-4-6-15(12)18/h9,12,15-16H,2-8,10-11H2,1H3. The van der Waals surface area contributed by atoms with Gasteiger partial charge in [0.2, 0.25) is 0 Å². The van der Waals surface area contributed by atoms with Crippen LogP contribution < -0.4 is 5.32 Å². The van der Waals surface area contributed by atoms with E-state index < -0.39 is 0 Å². The van der Waals surface area contributed by atoms with Gasteiger partial charge < -0.3 is 9.84 Å². The number of nitrogens with zero attached hydrogens (tertiary/aromatic N) is 2. The molecule has 0 aromatic carbocycles. The molecule has 2 heterocycles. The van der Waals surface area contributed by atoms with Crippen molar-refractivity contribution in [2.24, 2.45) is 5.92 Å². The number of hydrogen-bond acceptors (Lipinski definition) is 4. The first kappa shape index (κ1) is 13.1. The van der Waals surface area contributed by atoms with Crippen molar-refractivity contribution in [3.63, 3.8) is 0 Å². The molecule has 19 heavy (non-hydrogen) atoms. The van der Waals surface area contributed by atoms with E-state index in [4.69, 9.17) is 4.52 Å². The smallest absolute Gasteiger partial charge is 0.151 e. The zero-order valence-corrected chi connectivity index (χ0v) is 11.9. The van der Waals surface area contributed by atoms with E-state index in [2.05, 4.69) is 28.4 Å². The van der Waals surface area contributed by atoms with Gasteiger partial charge in [0.25, 0.3) is 0 Å². The van der Waals surface area contributed by atoms with Crippen LogP contribution in [0, 0.1) is 5.92 Å². The fourth-order valence-corrected chi connectivity index (χ4v) is 3.67. The molecule has 1 aromatic heterocycles. The van der Waals surface area contributed by atoms with Gasteiger partial charge in [-0.15, -0.1) is 0 Å². The molecule has 1 saturated heterocycles. The molecule has 4 heteroatoms. The molecule has 0 amide bonds. The molecule has 106 valence electrons. The average Bonchev–Trinajstić information content (AvgIpc) is 3.05. The predicted molar refractivity (Wildman–Crippen MR) is 74.7 cm³/mol. The van der Waals surface area contributed by atoms with Gasteiger partial charge in [-0.1, -0.05) is 24.9 Å². The van der Waals surface area contributed by atoms with Gasteiger partial charge in [0, 0.05) is 18.7 Å². The molecular weight excluding hydrogens is 238 g/mol. The largest absolute Gasteiger partial charge is 0.360 e. The number of aromatic nitrogens is 1. The molecule has 2 unspecified atom stereocenters. The zero-order chi connectivity index (χ0) is 13.1. The third-order valence-corrected chi connectivity index (χ3v) is 4.65. The lowest BCUT2D eigenvalue weighted by molar-refractivity contribution is 0.161. The lowest BCUT2D eigenvalue weighted by atomic mass is 9.85. The maximum atomic E-state index is 5.47. The van der Waals surface area contributed by atoms with E-state index in [9.17, 15) is 0 Å². The summed E-state index contributed by atoms with van der Waals surface area (Å²) in [7, 11) is 0. The van der Waals surface area contributed by atoms with Gasteiger partial charge in [-0.2, -0.15) is 0 Å². The highest BCUT2D eigenvalue weighted by atomic mass is 16.5. The van der Waals surface area contributed by atoms with Crippen LogP contribution in [-0.2, 0) is 13.1 Å². The molecule has 1 saturated carbocycles. The third-order valence-electron chi connectivity index (χ3n) is 4.65. The minimum absolute atomic E-state index is 0.802. The summed E-state index contributed by atoms with van der Waals surface area (Å²) in [6.45, 7) is 6.07. The molecule has 1 aromatic rings. The van der Waals surface area contributed by atoms with Crippen LogP contribution >= 0.6 is 0 Å². The Morgan fingerprint density at radius 1 is 1.37 bits per heavy atom. The average molecular weight is 263 g/mol. The molecule has 0 bridgehead atoms. The highest BCUT2D eigenvalue weighted by Gasteiger charge is 2.35. The van der Waals surface area contributed by atoms with Crippen LogP contribution in [0.1, 0.15) is 50.5 Å². The van der Waals surface area contributed by atoms with Crippen LogP contribution in [0.4, 0.5) is 0 Å². The van der Waals surface area contributed by atoms with E-state index in [1.165, 1.54) is 38.6 Å². The Morgan fingerprint density at radius 2 is 2.26 bits per heavy atom. The molecule has 1 aliphatic heterocycles. The Kier molecular flexibility index (Phi) is 4.18. The lowest BCUT2D eigenvalue weighted by Crippen LogP contribution is -2.34. The number of nitrogens with one attached hydrogen (secondary N) is 1. The van der Waals surface area contributed by atoms with Crippen molar-refractivity contribution in [1.29, 1.82) is 0 Å².